The summed E-state index contributed by atoms with van der Waals surface area (Å²) in [5, 5.41) is 5.70. The van der Waals surface area contributed by atoms with Gasteiger partial charge in [-0.05, 0) is 42.4 Å². The van der Waals surface area contributed by atoms with Gasteiger partial charge in [0.15, 0.2) is 5.11 Å². The van der Waals surface area contributed by atoms with Gasteiger partial charge in [0.25, 0.3) is 0 Å². The number of hydrogen-bond acceptors (Lipinski definition) is 4. The summed E-state index contributed by atoms with van der Waals surface area (Å²) in [5.41, 5.74) is 6.99. The first kappa shape index (κ1) is 22.3. The average molecular weight is 433 g/mol. The van der Waals surface area contributed by atoms with E-state index in [1.54, 1.807) is 25.1 Å². The summed E-state index contributed by atoms with van der Waals surface area (Å²) in [6, 6.07) is 14.4. The summed E-state index contributed by atoms with van der Waals surface area (Å²) in [6.45, 7) is 1.79. The van der Waals surface area contributed by atoms with Gasteiger partial charge < -0.3 is 10.6 Å². The Morgan fingerprint density at radius 1 is 0.897 bits per heavy atom. The zero-order valence-electron chi connectivity index (χ0n) is 15.8. The van der Waals surface area contributed by atoms with Crippen molar-refractivity contribution in [3.8, 4) is 0 Å². The van der Waals surface area contributed by atoms with Gasteiger partial charge in [0.1, 0.15) is 0 Å². The molecule has 0 unspecified atom stereocenters. The summed E-state index contributed by atoms with van der Waals surface area (Å²) in [7, 11) is 0. The van der Waals surface area contributed by atoms with Gasteiger partial charge in [-0.15, -0.1) is 0 Å². The van der Waals surface area contributed by atoms with Crippen LogP contribution in [0.3, 0.4) is 0 Å². The first-order valence-electron chi connectivity index (χ1n) is 8.82. The fourth-order valence-electron chi connectivity index (χ4n) is 2.35. The van der Waals surface area contributed by atoms with E-state index in [1.165, 1.54) is 0 Å². The van der Waals surface area contributed by atoms with Gasteiger partial charge in [-0.1, -0.05) is 48.0 Å². The largest absolute Gasteiger partial charge is 0.326 e. The molecular weight excluding hydrogens is 412 g/mol. The maximum absolute atomic E-state index is 12.0. The van der Waals surface area contributed by atoms with Crippen LogP contribution < -0.4 is 21.5 Å². The predicted octanol–water partition coefficient (Wildman–Crippen LogP) is 2.63. The molecule has 0 fully saturated rings. The molecule has 0 atom stereocenters. The minimum Gasteiger partial charge on any atom is -0.326 e. The lowest BCUT2D eigenvalue weighted by molar-refractivity contribution is -0.124. The molecule has 4 N–H and O–H groups in total. The number of hydrazine groups is 1. The van der Waals surface area contributed by atoms with Crippen molar-refractivity contribution in [2.45, 2.75) is 26.2 Å². The van der Waals surface area contributed by atoms with Crippen LogP contribution in [-0.4, -0.2) is 22.8 Å². The molecule has 0 aliphatic heterocycles. The normalized spacial score (nSPS) is 10.0. The summed E-state index contributed by atoms with van der Waals surface area (Å²) >= 11 is 11.0. The molecule has 152 valence electrons. The molecule has 2 aromatic rings. The third-order valence-corrected chi connectivity index (χ3v) is 4.51. The predicted molar refractivity (Wildman–Crippen MR) is 116 cm³/mol. The molecule has 0 bridgehead atoms. The lowest BCUT2D eigenvalue weighted by Crippen LogP contribution is -2.48. The third kappa shape index (κ3) is 7.89. The number of nitrogens with one attached hydrogen (secondary N) is 4. The number of thiocarbonyl (C=S) groups is 1. The maximum Gasteiger partial charge on any atom is 0.238 e. The van der Waals surface area contributed by atoms with Gasteiger partial charge in [-0.25, -0.2) is 0 Å². The molecule has 2 aromatic carbocycles. The Balaban J connectivity index is 1.67. The van der Waals surface area contributed by atoms with Crippen LogP contribution >= 0.6 is 23.8 Å². The summed E-state index contributed by atoms with van der Waals surface area (Å²) in [4.78, 5) is 35.7. The van der Waals surface area contributed by atoms with E-state index in [9.17, 15) is 14.4 Å². The second-order valence-electron chi connectivity index (χ2n) is 6.17. The van der Waals surface area contributed by atoms with Crippen LogP contribution in [0, 0.1) is 6.92 Å². The molecule has 0 radical (unpaired) electrons. The van der Waals surface area contributed by atoms with Crippen LogP contribution in [-0.2, 0) is 20.8 Å². The average Bonchev–Trinajstić information content (AvgIpc) is 2.69. The fraction of sp³-hybridized carbons (Fsp3) is 0.200. The van der Waals surface area contributed by atoms with E-state index < -0.39 is 5.91 Å². The molecular formula is C20H21ClN4O3S. The van der Waals surface area contributed by atoms with Gasteiger partial charge in [0, 0.05) is 23.6 Å². The van der Waals surface area contributed by atoms with Gasteiger partial charge in [-0.2, -0.15) is 0 Å². The molecule has 29 heavy (non-hydrogen) atoms. The Labute approximate surface area is 179 Å². The van der Waals surface area contributed by atoms with Crippen LogP contribution in [0.1, 0.15) is 24.0 Å². The molecule has 0 aliphatic carbocycles. The highest BCUT2D eigenvalue weighted by atomic mass is 35.5. The molecule has 0 heterocycles. The molecule has 9 heteroatoms. The maximum atomic E-state index is 12.0. The second kappa shape index (κ2) is 11.1. The minimum absolute atomic E-state index is 0.0212. The molecule has 2 rings (SSSR count). The van der Waals surface area contributed by atoms with Gasteiger partial charge in [0.05, 0.1) is 6.42 Å². The Hall–Kier alpha value is -2.97. The third-order valence-electron chi connectivity index (χ3n) is 3.90. The first-order chi connectivity index (χ1) is 13.8. The van der Waals surface area contributed by atoms with E-state index in [4.69, 9.17) is 23.8 Å². The topological polar surface area (TPSA) is 99.3 Å². The molecule has 7 nitrogen and oxygen atoms in total. The summed E-state index contributed by atoms with van der Waals surface area (Å²) in [5.74, 6) is -1.06. The molecule has 0 spiro atoms. The van der Waals surface area contributed by atoms with Crippen molar-refractivity contribution in [3.63, 3.8) is 0 Å². The number of anilines is 1. The van der Waals surface area contributed by atoms with Crippen molar-refractivity contribution < 1.29 is 14.4 Å². The fourth-order valence-corrected chi connectivity index (χ4v) is 2.69. The zero-order valence-corrected chi connectivity index (χ0v) is 17.3. The quantitative estimate of drug-likeness (QED) is 0.415. The van der Waals surface area contributed by atoms with Crippen LogP contribution in [0.25, 0.3) is 0 Å². The standard InChI is InChI=1S/C20H21ClN4O3S/c1-13-15(21)8-5-9-16(13)22-17(26)10-11-18(27)24-25-20(29)23-19(28)12-14-6-3-2-4-7-14/h2-9H,10-12H2,1H3,(H,22,26)(H,24,27)(H2,23,25,28,29). The highest BCUT2D eigenvalue weighted by Crippen LogP contribution is 2.23. The summed E-state index contributed by atoms with van der Waals surface area (Å²) in [6.07, 6.45) is 0.0886. The second-order valence-corrected chi connectivity index (χ2v) is 6.99. The lowest BCUT2D eigenvalue weighted by Gasteiger charge is -2.11. The molecule has 0 saturated carbocycles. The SMILES string of the molecule is Cc1c(Cl)cccc1NC(=O)CCC(=O)NNC(=S)NC(=O)Cc1ccccc1. The van der Waals surface area contributed by atoms with E-state index in [1.807, 2.05) is 30.3 Å². The zero-order chi connectivity index (χ0) is 21.2. The van der Waals surface area contributed by atoms with Crippen LogP contribution in [0.4, 0.5) is 5.69 Å². The molecule has 0 aliphatic rings. The Kier molecular flexibility index (Phi) is 8.57. The highest BCUT2D eigenvalue weighted by Gasteiger charge is 2.11. The van der Waals surface area contributed by atoms with E-state index in [-0.39, 0.29) is 36.2 Å². The van der Waals surface area contributed by atoms with Crippen LogP contribution in [0.5, 0.6) is 0 Å². The number of amides is 3. The van der Waals surface area contributed by atoms with E-state index in [0.717, 1.165) is 11.1 Å². The smallest absolute Gasteiger partial charge is 0.238 e. The number of carbonyl (C=O) groups excluding carboxylic acids is 3. The van der Waals surface area contributed by atoms with Crippen molar-refractivity contribution in [1.29, 1.82) is 0 Å². The Bertz CT molecular complexity index is 906. The molecule has 0 aromatic heterocycles. The van der Waals surface area contributed by atoms with Crippen molar-refractivity contribution in [2.24, 2.45) is 0 Å². The monoisotopic (exact) mass is 432 g/mol. The highest BCUT2D eigenvalue weighted by molar-refractivity contribution is 7.80. The molecule has 3 amide bonds. The van der Waals surface area contributed by atoms with Gasteiger partial charge >= 0.3 is 0 Å². The van der Waals surface area contributed by atoms with E-state index in [2.05, 4.69) is 21.5 Å². The van der Waals surface area contributed by atoms with Gasteiger partial charge in [0.2, 0.25) is 17.7 Å². The Morgan fingerprint density at radius 3 is 2.31 bits per heavy atom. The number of rotatable bonds is 6. The van der Waals surface area contributed by atoms with Gasteiger partial charge in [-0.3, -0.25) is 25.2 Å². The van der Waals surface area contributed by atoms with Crippen molar-refractivity contribution >= 4 is 52.3 Å². The summed E-state index contributed by atoms with van der Waals surface area (Å²) < 4.78 is 0. The van der Waals surface area contributed by atoms with E-state index in [0.29, 0.717) is 10.7 Å². The lowest BCUT2D eigenvalue weighted by atomic mass is 10.1. The van der Waals surface area contributed by atoms with Crippen molar-refractivity contribution in [3.05, 3.63) is 64.7 Å². The van der Waals surface area contributed by atoms with Crippen LogP contribution in [0.15, 0.2) is 48.5 Å². The van der Waals surface area contributed by atoms with E-state index >= 15 is 0 Å². The number of carbonyl (C=O) groups is 3. The van der Waals surface area contributed by atoms with Crippen molar-refractivity contribution in [2.75, 3.05) is 5.32 Å². The number of benzene rings is 2. The number of halogens is 1. The first-order valence-corrected chi connectivity index (χ1v) is 9.61. The Morgan fingerprint density at radius 2 is 1.59 bits per heavy atom. The number of hydrogen-bond donors (Lipinski definition) is 4. The minimum atomic E-state index is -0.442. The molecule has 0 saturated heterocycles. The van der Waals surface area contributed by atoms with Crippen LogP contribution in [0.2, 0.25) is 5.02 Å². The van der Waals surface area contributed by atoms with Crippen molar-refractivity contribution in [1.82, 2.24) is 16.2 Å².